The molecule has 7 heteroatoms. The van der Waals surface area contributed by atoms with Crippen LogP contribution < -0.4 is 5.32 Å². The fraction of sp³-hybridized carbons (Fsp3) is 0.412. The molecule has 128 valence electrons. The van der Waals surface area contributed by atoms with Gasteiger partial charge in [-0.25, -0.2) is 5.01 Å². The van der Waals surface area contributed by atoms with E-state index in [1.54, 1.807) is 31.2 Å². The normalized spacial score (nSPS) is 17.0. The highest BCUT2D eigenvalue weighted by Crippen LogP contribution is 2.28. The number of nitrogens with zero attached hydrogens (tertiary/aromatic N) is 2. The van der Waals surface area contributed by atoms with Gasteiger partial charge in [0, 0.05) is 26.4 Å². The monoisotopic (exact) mass is 331 g/mol. The van der Waals surface area contributed by atoms with Crippen molar-refractivity contribution in [3.05, 3.63) is 35.9 Å². The maximum atomic E-state index is 12.3. The molecule has 0 spiro atoms. The molecule has 2 N–H and O–H groups in total. The molecule has 1 aliphatic rings. The number of aliphatic carboxylic acids is 1. The molecular weight excluding hydrogens is 310 g/mol. The molecule has 7 nitrogen and oxygen atoms in total. The Hall–Kier alpha value is -2.70. The number of carbonyl (C=O) groups excluding carboxylic acids is 2. The Morgan fingerprint density at radius 1 is 1.29 bits per heavy atom. The van der Waals surface area contributed by atoms with E-state index < -0.39 is 17.3 Å². The van der Waals surface area contributed by atoms with E-state index >= 15 is 0 Å². The molecule has 24 heavy (non-hydrogen) atoms. The van der Waals surface area contributed by atoms with Gasteiger partial charge in [-0.15, -0.1) is 0 Å². The second-order valence-corrected chi connectivity index (χ2v) is 5.75. The maximum Gasteiger partial charge on any atom is 0.315 e. The van der Waals surface area contributed by atoms with Gasteiger partial charge in [-0.3, -0.25) is 14.4 Å². The number of hydrogen-bond donors (Lipinski definition) is 2. The van der Waals surface area contributed by atoms with Gasteiger partial charge in [0.2, 0.25) is 5.91 Å². The van der Waals surface area contributed by atoms with Gasteiger partial charge in [-0.1, -0.05) is 37.3 Å². The topological polar surface area (TPSA) is 99.1 Å². The van der Waals surface area contributed by atoms with Crippen molar-refractivity contribution in [1.29, 1.82) is 0 Å². The van der Waals surface area contributed by atoms with Gasteiger partial charge in [0.1, 0.15) is 11.1 Å². The summed E-state index contributed by atoms with van der Waals surface area (Å²) < 4.78 is 0. The zero-order valence-corrected chi connectivity index (χ0v) is 13.8. The number of carbonyl (C=O) groups is 3. The number of hydrazone groups is 1. The molecule has 1 unspecified atom stereocenters. The highest BCUT2D eigenvalue weighted by Gasteiger charge is 2.39. The van der Waals surface area contributed by atoms with Gasteiger partial charge >= 0.3 is 5.97 Å². The Morgan fingerprint density at radius 2 is 1.96 bits per heavy atom. The number of carboxylic acids is 1. The SMILES string of the molecule is CCC(CNC(=O)C1=NN(C)C(=O)CC1)(C(=O)O)c1ccccc1. The molecule has 0 saturated carbocycles. The Labute approximate surface area is 140 Å². The number of nitrogens with one attached hydrogen (secondary N) is 1. The van der Waals surface area contributed by atoms with E-state index in [4.69, 9.17) is 0 Å². The van der Waals surface area contributed by atoms with Crippen LogP contribution in [0.25, 0.3) is 0 Å². The summed E-state index contributed by atoms with van der Waals surface area (Å²) in [6.45, 7) is 1.73. The Balaban J connectivity index is 2.17. The minimum Gasteiger partial charge on any atom is -0.481 e. The molecule has 0 bridgehead atoms. The van der Waals surface area contributed by atoms with E-state index in [0.29, 0.717) is 12.0 Å². The molecule has 0 radical (unpaired) electrons. The minimum absolute atomic E-state index is 0.0433. The molecule has 2 rings (SSSR count). The van der Waals surface area contributed by atoms with Crippen LogP contribution >= 0.6 is 0 Å². The zero-order chi connectivity index (χ0) is 17.7. The average molecular weight is 331 g/mol. The predicted molar refractivity (Wildman–Crippen MR) is 88.5 cm³/mol. The summed E-state index contributed by atoms with van der Waals surface area (Å²) in [4.78, 5) is 35.6. The van der Waals surface area contributed by atoms with Crippen LogP contribution in [0.15, 0.2) is 35.4 Å². The summed E-state index contributed by atoms with van der Waals surface area (Å²) in [5, 5.41) is 17.5. The summed E-state index contributed by atoms with van der Waals surface area (Å²) in [5.74, 6) is -1.58. The third kappa shape index (κ3) is 3.45. The fourth-order valence-electron chi connectivity index (χ4n) is 2.70. The van der Waals surface area contributed by atoms with E-state index in [0.717, 1.165) is 5.01 Å². The summed E-state index contributed by atoms with van der Waals surface area (Å²) >= 11 is 0. The Kier molecular flexibility index (Phi) is 5.33. The first-order valence-electron chi connectivity index (χ1n) is 7.82. The molecule has 1 aromatic carbocycles. The third-order valence-electron chi connectivity index (χ3n) is 4.36. The summed E-state index contributed by atoms with van der Waals surface area (Å²) in [7, 11) is 1.49. The number of amides is 2. The molecule has 1 aliphatic heterocycles. The first kappa shape index (κ1) is 17.7. The van der Waals surface area contributed by atoms with Crippen molar-refractivity contribution >= 4 is 23.5 Å². The molecule has 0 saturated heterocycles. The number of rotatable bonds is 6. The Bertz CT molecular complexity index is 672. The maximum absolute atomic E-state index is 12.3. The van der Waals surface area contributed by atoms with Crippen LogP contribution in [0.3, 0.4) is 0 Å². The van der Waals surface area contributed by atoms with Crippen molar-refractivity contribution in [1.82, 2.24) is 10.3 Å². The van der Waals surface area contributed by atoms with Gasteiger partial charge in [0.05, 0.1) is 0 Å². The molecule has 1 atom stereocenters. The largest absolute Gasteiger partial charge is 0.481 e. The lowest BCUT2D eigenvalue weighted by molar-refractivity contribution is -0.144. The summed E-state index contributed by atoms with van der Waals surface area (Å²) in [5.41, 5.74) is -0.327. The number of carboxylic acid groups (broad SMARTS) is 1. The van der Waals surface area contributed by atoms with E-state index in [1.165, 1.54) is 7.05 Å². The van der Waals surface area contributed by atoms with E-state index in [-0.39, 0.29) is 31.0 Å². The lowest BCUT2D eigenvalue weighted by atomic mass is 9.78. The number of benzene rings is 1. The van der Waals surface area contributed by atoms with Crippen LogP contribution in [0.2, 0.25) is 0 Å². The van der Waals surface area contributed by atoms with Crippen LogP contribution in [-0.2, 0) is 19.8 Å². The van der Waals surface area contributed by atoms with E-state index in [9.17, 15) is 19.5 Å². The van der Waals surface area contributed by atoms with Gasteiger partial charge in [0.15, 0.2) is 0 Å². The lowest BCUT2D eigenvalue weighted by Crippen LogP contribution is -2.48. The highest BCUT2D eigenvalue weighted by atomic mass is 16.4. The molecule has 2 amide bonds. The van der Waals surface area contributed by atoms with Crippen molar-refractivity contribution in [2.24, 2.45) is 5.10 Å². The van der Waals surface area contributed by atoms with Crippen LogP contribution in [0.4, 0.5) is 0 Å². The van der Waals surface area contributed by atoms with Gasteiger partial charge in [-0.05, 0) is 12.0 Å². The average Bonchev–Trinajstić information content (AvgIpc) is 2.58. The zero-order valence-electron chi connectivity index (χ0n) is 13.8. The molecule has 1 aromatic rings. The Morgan fingerprint density at radius 3 is 2.50 bits per heavy atom. The quantitative estimate of drug-likeness (QED) is 0.816. The second-order valence-electron chi connectivity index (χ2n) is 5.75. The van der Waals surface area contributed by atoms with Gasteiger partial charge in [-0.2, -0.15) is 5.10 Å². The molecule has 0 fully saturated rings. The fourth-order valence-corrected chi connectivity index (χ4v) is 2.70. The van der Waals surface area contributed by atoms with Crippen molar-refractivity contribution in [2.75, 3.05) is 13.6 Å². The molecule has 0 aromatic heterocycles. The number of hydrogen-bond acceptors (Lipinski definition) is 4. The standard InChI is InChI=1S/C17H21N3O4/c1-3-17(16(23)24,12-7-5-4-6-8-12)11-18-15(22)13-9-10-14(21)20(2)19-13/h4-8H,3,9-11H2,1-2H3,(H,18,22)(H,23,24). The van der Waals surface area contributed by atoms with E-state index in [1.807, 2.05) is 6.07 Å². The van der Waals surface area contributed by atoms with Crippen molar-refractivity contribution in [3.8, 4) is 0 Å². The second kappa shape index (κ2) is 7.25. The van der Waals surface area contributed by atoms with Crippen molar-refractivity contribution < 1.29 is 19.5 Å². The van der Waals surface area contributed by atoms with Crippen molar-refractivity contribution in [2.45, 2.75) is 31.6 Å². The van der Waals surface area contributed by atoms with Gasteiger partial charge in [0.25, 0.3) is 5.91 Å². The first-order chi connectivity index (χ1) is 11.4. The van der Waals surface area contributed by atoms with Crippen LogP contribution in [0.5, 0.6) is 0 Å². The molecular formula is C17H21N3O4. The highest BCUT2D eigenvalue weighted by molar-refractivity contribution is 6.39. The predicted octanol–water partition coefficient (Wildman–Crippen LogP) is 1.14. The van der Waals surface area contributed by atoms with Crippen LogP contribution in [0, 0.1) is 0 Å². The third-order valence-corrected chi connectivity index (χ3v) is 4.36. The minimum atomic E-state index is -1.20. The van der Waals surface area contributed by atoms with Crippen LogP contribution in [0.1, 0.15) is 31.7 Å². The van der Waals surface area contributed by atoms with E-state index in [2.05, 4.69) is 10.4 Å². The van der Waals surface area contributed by atoms with Crippen molar-refractivity contribution in [3.63, 3.8) is 0 Å². The molecule has 0 aliphatic carbocycles. The molecule has 1 heterocycles. The smallest absolute Gasteiger partial charge is 0.315 e. The van der Waals surface area contributed by atoms with Gasteiger partial charge < -0.3 is 10.4 Å². The lowest BCUT2D eigenvalue weighted by Gasteiger charge is -2.29. The summed E-state index contributed by atoms with van der Waals surface area (Å²) in [6.07, 6.45) is 0.809. The summed E-state index contributed by atoms with van der Waals surface area (Å²) in [6, 6.07) is 8.85. The first-order valence-corrected chi connectivity index (χ1v) is 7.82. The van der Waals surface area contributed by atoms with Crippen LogP contribution in [-0.4, -0.2) is 47.2 Å².